The van der Waals surface area contributed by atoms with Crippen LogP contribution in [-0.2, 0) is 4.74 Å². The summed E-state index contributed by atoms with van der Waals surface area (Å²) >= 11 is 0. The highest BCUT2D eigenvalue weighted by Crippen LogP contribution is 1.90. The number of hydrogen-bond donors (Lipinski definition) is 2. The van der Waals surface area contributed by atoms with E-state index in [1.807, 2.05) is 0 Å². The zero-order valence-corrected chi connectivity index (χ0v) is 16.6. The van der Waals surface area contributed by atoms with Crippen molar-refractivity contribution in [1.29, 1.82) is 0 Å². The Morgan fingerprint density at radius 3 is 2.38 bits per heavy atom. The number of rotatable bonds is 12. The molecule has 0 saturated heterocycles. The van der Waals surface area contributed by atoms with Crippen LogP contribution in [0.5, 0.6) is 0 Å². The maximum absolute atomic E-state index is 5.53. The fourth-order valence-corrected chi connectivity index (χ4v) is 1.65. The summed E-state index contributed by atoms with van der Waals surface area (Å²) in [5.74, 6) is 0.916. The van der Waals surface area contributed by atoms with Crippen LogP contribution in [0.25, 0.3) is 0 Å². The van der Waals surface area contributed by atoms with Crippen LogP contribution in [0.3, 0.4) is 0 Å². The van der Waals surface area contributed by atoms with Gasteiger partial charge in [0.05, 0.1) is 0 Å². The van der Waals surface area contributed by atoms with E-state index in [4.69, 9.17) is 4.74 Å². The molecule has 21 heavy (non-hydrogen) atoms. The van der Waals surface area contributed by atoms with Gasteiger partial charge in [-0.1, -0.05) is 13.3 Å². The maximum atomic E-state index is 5.53. The molecule has 0 aromatic rings. The Morgan fingerprint density at radius 1 is 1.05 bits per heavy atom. The molecule has 0 rings (SSSR count). The zero-order chi connectivity index (χ0) is 15.1. The Balaban J connectivity index is 0. The predicted molar refractivity (Wildman–Crippen MR) is 103 cm³/mol. The van der Waals surface area contributed by atoms with Crippen LogP contribution in [0.15, 0.2) is 4.99 Å². The van der Waals surface area contributed by atoms with Crippen LogP contribution < -0.4 is 10.6 Å². The SMILES string of the molecule is CCCCOCCCN=C(NCC)NCCCN(C)C.I. The van der Waals surface area contributed by atoms with Crippen LogP contribution >= 0.6 is 24.0 Å². The fraction of sp³-hybridized carbons (Fsp3) is 0.933. The van der Waals surface area contributed by atoms with Crippen molar-refractivity contribution in [3.8, 4) is 0 Å². The Morgan fingerprint density at radius 2 is 1.76 bits per heavy atom. The Labute approximate surface area is 148 Å². The first-order valence-electron chi connectivity index (χ1n) is 7.95. The molecule has 0 radical (unpaired) electrons. The molecule has 0 saturated carbocycles. The van der Waals surface area contributed by atoms with E-state index in [1.165, 1.54) is 6.42 Å². The lowest BCUT2D eigenvalue weighted by Gasteiger charge is -2.13. The van der Waals surface area contributed by atoms with E-state index in [1.54, 1.807) is 0 Å². The van der Waals surface area contributed by atoms with Crippen molar-refractivity contribution in [3.63, 3.8) is 0 Å². The van der Waals surface area contributed by atoms with Crippen molar-refractivity contribution in [2.24, 2.45) is 4.99 Å². The summed E-state index contributed by atoms with van der Waals surface area (Å²) in [5, 5.41) is 6.63. The molecule has 0 aromatic carbocycles. The molecule has 0 aliphatic heterocycles. The molecular formula is C15H35IN4O. The van der Waals surface area contributed by atoms with E-state index in [-0.39, 0.29) is 24.0 Å². The molecule has 0 aromatic heterocycles. The van der Waals surface area contributed by atoms with Gasteiger partial charge in [0.2, 0.25) is 0 Å². The molecule has 0 atom stereocenters. The van der Waals surface area contributed by atoms with Crippen molar-refractivity contribution in [2.75, 3.05) is 53.5 Å². The molecule has 0 aliphatic rings. The predicted octanol–water partition coefficient (Wildman–Crippen LogP) is 2.32. The Kier molecular flexibility index (Phi) is 19.8. The van der Waals surface area contributed by atoms with Gasteiger partial charge in [-0.3, -0.25) is 4.99 Å². The summed E-state index contributed by atoms with van der Waals surface area (Å²) in [5.41, 5.74) is 0. The first-order valence-corrected chi connectivity index (χ1v) is 7.95. The summed E-state index contributed by atoms with van der Waals surface area (Å²) in [7, 11) is 4.19. The van der Waals surface area contributed by atoms with Crippen LogP contribution in [0.2, 0.25) is 0 Å². The lowest BCUT2D eigenvalue weighted by molar-refractivity contribution is 0.130. The third-order valence-electron chi connectivity index (χ3n) is 2.78. The number of halogens is 1. The van der Waals surface area contributed by atoms with Crippen molar-refractivity contribution in [1.82, 2.24) is 15.5 Å². The molecule has 0 aliphatic carbocycles. The van der Waals surface area contributed by atoms with Gasteiger partial charge in [0.25, 0.3) is 0 Å². The molecule has 0 unspecified atom stereocenters. The van der Waals surface area contributed by atoms with Gasteiger partial charge in [0, 0.05) is 32.8 Å². The molecule has 128 valence electrons. The fourth-order valence-electron chi connectivity index (χ4n) is 1.65. The monoisotopic (exact) mass is 414 g/mol. The van der Waals surface area contributed by atoms with Gasteiger partial charge in [-0.25, -0.2) is 0 Å². The number of nitrogens with zero attached hydrogens (tertiary/aromatic N) is 2. The van der Waals surface area contributed by atoms with Crippen molar-refractivity contribution >= 4 is 29.9 Å². The molecule has 2 N–H and O–H groups in total. The second kappa shape index (κ2) is 18.0. The van der Waals surface area contributed by atoms with Crippen molar-refractivity contribution in [2.45, 2.75) is 39.5 Å². The van der Waals surface area contributed by atoms with Gasteiger partial charge in [-0.05, 0) is 46.8 Å². The first-order chi connectivity index (χ1) is 9.70. The quantitative estimate of drug-likeness (QED) is 0.223. The van der Waals surface area contributed by atoms with E-state index in [0.717, 1.165) is 64.6 Å². The topological polar surface area (TPSA) is 48.9 Å². The number of ether oxygens (including phenoxy) is 1. The summed E-state index contributed by atoms with van der Waals surface area (Å²) in [4.78, 5) is 6.74. The summed E-state index contributed by atoms with van der Waals surface area (Å²) in [6.07, 6.45) is 4.45. The van der Waals surface area contributed by atoms with Gasteiger partial charge < -0.3 is 20.3 Å². The average molecular weight is 414 g/mol. The largest absolute Gasteiger partial charge is 0.381 e. The number of nitrogens with one attached hydrogen (secondary N) is 2. The normalized spacial score (nSPS) is 11.4. The highest BCUT2D eigenvalue weighted by atomic mass is 127. The smallest absolute Gasteiger partial charge is 0.191 e. The lowest BCUT2D eigenvalue weighted by Crippen LogP contribution is -2.38. The second-order valence-electron chi connectivity index (χ2n) is 5.16. The third kappa shape index (κ3) is 17.9. The van der Waals surface area contributed by atoms with Crippen LogP contribution in [-0.4, -0.2) is 64.3 Å². The van der Waals surface area contributed by atoms with E-state index in [9.17, 15) is 0 Å². The van der Waals surface area contributed by atoms with Gasteiger partial charge in [0.1, 0.15) is 0 Å². The van der Waals surface area contributed by atoms with E-state index >= 15 is 0 Å². The number of guanidine groups is 1. The van der Waals surface area contributed by atoms with Gasteiger partial charge in [-0.15, -0.1) is 24.0 Å². The minimum Gasteiger partial charge on any atom is -0.381 e. The Hall–Kier alpha value is -0.0800. The highest BCUT2D eigenvalue weighted by molar-refractivity contribution is 14.0. The van der Waals surface area contributed by atoms with Gasteiger partial charge in [-0.2, -0.15) is 0 Å². The first kappa shape index (κ1) is 23.2. The van der Waals surface area contributed by atoms with E-state index < -0.39 is 0 Å². The molecule has 0 amide bonds. The van der Waals surface area contributed by atoms with Crippen molar-refractivity contribution in [3.05, 3.63) is 0 Å². The number of unbranched alkanes of at least 4 members (excludes halogenated alkanes) is 1. The zero-order valence-electron chi connectivity index (χ0n) is 14.3. The molecule has 0 heterocycles. The van der Waals surface area contributed by atoms with Gasteiger partial charge in [0.15, 0.2) is 5.96 Å². The van der Waals surface area contributed by atoms with Crippen molar-refractivity contribution < 1.29 is 4.74 Å². The molecule has 6 heteroatoms. The highest BCUT2D eigenvalue weighted by Gasteiger charge is 1.97. The van der Waals surface area contributed by atoms with Gasteiger partial charge >= 0.3 is 0 Å². The molecular weight excluding hydrogens is 379 g/mol. The molecule has 0 fully saturated rings. The minimum atomic E-state index is 0. The third-order valence-corrected chi connectivity index (χ3v) is 2.78. The number of aliphatic imine (C=N–C) groups is 1. The Bertz CT molecular complexity index is 238. The van der Waals surface area contributed by atoms with Crippen LogP contribution in [0.4, 0.5) is 0 Å². The van der Waals surface area contributed by atoms with Crippen LogP contribution in [0, 0.1) is 0 Å². The average Bonchev–Trinajstić information content (AvgIpc) is 2.42. The number of hydrogen-bond acceptors (Lipinski definition) is 3. The van der Waals surface area contributed by atoms with E-state index in [0.29, 0.717) is 0 Å². The summed E-state index contributed by atoms with van der Waals surface area (Å²) < 4.78 is 5.53. The second-order valence-corrected chi connectivity index (χ2v) is 5.16. The molecule has 0 spiro atoms. The molecule has 0 bridgehead atoms. The van der Waals surface area contributed by atoms with E-state index in [2.05, 4.69) is 48.5 Å². The summed E-state index contributed by atoms with van der Waals surface area (Å²) in [6, 6.07) is 0. The molecule has 5 nitrogen and oxygen atoms in total. The standard InChI is InChI=1S/C15H34N4O.HI/c1-5-7-13-20-14-9-11-18-15(16-6-2)17-10-8-12-19(3)4;/h5-14H2,1-4H3,(H2,16,17,18);1H. The maximum Gasteiger partial charge on any atom is 0.191 e. The van der Waals surface area contributed by atoms with Crippen LogP contribution in [0.1, 0.15) is 39.5 Å². The lowest BCUT2D eigenvalue weighted by atomic mass is 10.4. The minimum absolute atomic E-state index is 0. The summed E-state index contributed by atoms with van der Waals surface area (Å²) in [6.45, 7) is 9.71.